The monoisotopic (exact) mass is 357 g/mol. The maximum absolute atomic E-state index is 12.1. The Balaban J connectivity index is 1.36. The molecule has 3 heterocycles. The second kappa shape index (κ2) is 7.25. The molecule has 1 aromatic heterocycles. The van der Waals surface area contributed by atoms with Crippen molar-refractivity contribution in [1.82, 2.24) is 15.6 Å². The van der Waals surface area contributed by atoms with Crippen LogP contribution in [-0.2, 0) is 11.2 Å². The zero-order valence-corrected chi connectivity index (χ0v) is 14.5. The number of rotatable bonds is 5. The van der Waals surface area contributed by atoms with Gasteiger partial charge in [0.25, 0.3) is 0 Å². The van der Waals surface area contributed by atoms with Gasteiger partial charge in [-0.05, 0) is 31.2 Å². The summed E-state index contributed by atoms with van der Waals surface area (Å²) in [6.45, 7) is 2.75. The van der Waals surface area contributed by atoms with E-state index in [1.54, 1.807) is 0 Å². The molecule has 25 heavy (non-hydrogen) atoms. The normalized spacial score (nSPS) is 15.8. The van der Waals surface area contributed by atoms with Crippen molar-refractivity contribution < 1.29 is 14.3 Å². The van der Waals surface area contributed by atoms with Crippen LogP contribution >= 0.6 is 11.3 Å². The van der Waals surface area contributed by atoms with Gasteiger partial charge in [0.1, 0.15) is 5.01 Å². The predicted octanol–water partition coefficient (Wildman–Crippen LogP) is 2.12. The molecule has 2 aromatic rings. The lowest BCUT2D eigenvalue weighted by atomic mass is 10.1. The molecule has 1 amide bonds. The van der Waals surface area contributed by atoms with Crippen LogP contribution in [0.25, 0.3) is 10.6 Å². The van der Waals surface area contributed by atoms with E-state index < -0.39 is 0 Å². The summed E-state index contributed by atoms with van der Waals surface area (Å²) >= 11 is 1.53. The van der Waals surface area contributed by atoms with Gasteiger partial charge in [0.2, 0.25) is 12.7 Å². The number of thiazole rings is 1. The first-order valence-corrected chi connectivity index (χ1v) is 9.15. The van der Waals surface area contributed by atoms with Crippen molar-refractivity contribution in [3.63, 3.8) is 0 Å². The number of nitrogens with zero attached hydrogens (tertiary/aromatic N) is 1. The molecule has 130 valence electrons. The van der Waals surface area contributed by atoms with Crippen molar-refractivity contribution in [3.8, 4) is 22.1 Å². The predicted molar refractivity (Wildman–Crippen MR) is 96.0 cm³/mol. The van der Waals surface area contributed by atoms with E-state index in [4.69, 9.17) is 9.47 Å². The van der Waals surface area contributed by atoms with E-state index in [2.05, 4.69) is 21.7 Å². The van der Waals surface area contributed by atoms with Crippen molar-refractivity contribution >= 4 is 17.2 Å². The summed E-state index contributed by atoms with van der Waals surface area (Å²) in [5.41, 5.74) is 3.04. The number of ether oxygens (including phenoxy) is 2. The fourth-order valence-corrected chi connectivity index (χ4v) is 3.64. The molecular formula is C18H19N3O3S. The number of aromatic nitrogens is 1. The van der Waals surface area contributed by atoms with Crippen LogP contribution in [0.4, 0.5) is 0 Å². The van der Waals surface area contributed by atoms with E-state index in [-0.39, 0.29) is 12.7 Å². The van der Waals surface area contributed by atoms with Crippen molar-refractivity contribution in [2.75, 3.05) is 26.4 Å². The zero-order chi connectivity index (χ0) is 17.1. The Morgan fingerprint density at radius 1 is 1.32 bits per heavy atom. The van der Waals surface area contributed by atoms with Crippen molar-refractivity contribution in [1.29, 1.82) is 0 Å². The molecule has 2 aliphatic heterocycles. The first kappa shape index (κ1) is 16.1. The number of carbonyl (C=O) groups is 1. The van der Waals surface area contributed by atoms with Crippen LogP contribution in [0.1, 0.15) is 12.1 Å². The summed E-state index contributed by atoms with van der Waals surface area (Å²) in [5, 5.41) is 9.05. The van der Waals surface area contributed by atoms with Gasteiger partial charge in [0, 0.05) is 24.0 Å². The Hall–Kier alpha value is -2.38. The summed E-state index contributed by atoms with van der Waals surface area (Å²) in [6.07, 6.45) is 3.43. The third-order valence-corrected chi connectivity index (χ3v) is 5.12. The highest BCUT2D eigenvalue weighted by molar-refractivity contribution is 7.13. The average molecular weight is 357 g/mol. The first-order valence-electron chi connectivity index (χ1n) is 8.28. The van der Waals surface area contributed by atoms with E-state index in [9.17, 15) is 4.79 Å². The molecule has 0 fully saturated rings. The maximum Gasteiger partial charge on any atom is 0.231 e. The van der Waals surface area contributed by atoms with Crippen molar-refractivity contribution in [2.24, 2.45) is 0 Å². The van der Waals surface area contributed by atoms with Gasteiger partial charge >= 0.3 is 0 Å². The van der Waals surface area contributed by atoms with Crippen LogP contribution < -0.4 is 20.1 Å². The molecule has 0 aliphatic carbocycles. The minimum Gasteiger partial charge on any atom is -0.454 e. The molecule has 0 spiro atoms. The molecule has 0 atom stereocenters. The number of hydrogen-bond acceptors (Lipinski definition) is 6. The van der Waals surface area contributed by atoms with Gasteiger partial charge in [-0.2, -0.15) is 0 Å². The lowest BCUT2D eigenvalue weighted by molar-refractivity contribution is -0.120. The highest BCUT2D eigenvalue weighted by Gasteiger charge is 2.16. The van der Waals surface area contributed by atoms with Gasteiger partial charge in [-0.15, -0.1) is 11.3 Å². The first-order chi connectivity index (χ1) is 12.3. The highest BCUT2D eigenvalue weighted by Crippen LogP contribution is 2.36. The summed E-state index contributed by atoms with van der Waals surface area (Å²) in [5.74, 6) is 1.50. The Kier molecular flexibility index (Phi) is 4.67. The van der Waals surface area contributed by atoms with Crippen molar-refractivity contribution in [2.45, 2.75) is 12.8 Å². The topological polar surface area (TPSA) is 72.5 Å². The quantitative estimate of drug-likeness (QED) is 0.802. The average Bonchev–Trinajstić information content (AvgIpc) is 3.29. The second-order valence-corrected chi connectivity index (χ2v) is 6.84. The summed E-state index contributed by atoms with van der Waals surface area (Å²) in [7, 11) is 0. The number of fused-ring (bicyclic) bond motifs is 1. The highest BCUT2D eigenvalue weighted by atomic mass is 32.1. The molecule has 4 rings (SSSR count). The molecule has 0 bridgehead atoms. The molecule has 7 heteroatoms. The number of nitrogens with one attached hydrogen (secondary N) is 2. The van der Waals surface area contributed by atoms with E-state index in [1.807, 2.05) is 23.6 Å². The minimum atomic E-state index is 0.00182. The molecule has 2 N–H and O–H groups in total. The number of benzene rings is 1. The van der Waals surface area contributed by atoms with Crippen LogP contribution in [0.2, 0.25) is 0 Å². The van der Waals surface area contributed by atoms with Gasteiger partial charge in [-0.25, -0.2) is 4.98 Å². The lowest BCUT2D eigenvalue weighted by Crippen LogP contribution is -2.30. The maximum atomic E-state index is 12.1. The number of amides is 1. The van der Waals surface area contributed by atoms with Crippen LogP contribution in [-0.4, -0.2) is 37.3 Å². The van der Waals surface area contributed by atoms with Gasteiger partial charge in [-0.3, -0.25) is 4.79 Å². The summed E-state index contributed by atoms with van der Waals surface area (Å²) in [6, 6.07) is 5.77. The molecule has 2 aliphatic rings. The summed E-state index contributed by atoms with van der Waals surface area (Å²) < 4.78 is 10.7. The zero-order valence-electron chi connectivity index (χ0n) is 13.7. The Labute approximate surface area is 149 Å². The Bertz CT molecular complexity index is 816. The Morgan fingerprint density at radius 3 is 3.12 bits per heavy atom. The standard InChI is InChI=1S/C18H19N3O3S/c22-17(20-9-12-3-5-19-6-4-12)8-14-10-25-18(21-14)13-1-2-15-16(7-13)24-11-23-15/h1-3,7,10,19H,4-6,8-9,11H2,(H,20,22). The number of hydrogen-bond donors (Lipinski definition) is 2. The van der Waals surface area contributed by atoms with E-state index in [0.29, 0.717) is 13.0 Å². The number of carbonyl (C=O) groups excluding carboxylic acids is 1. The molecule has 0 unspecified atom stereocenters. The molecule has 0 saturated carbocycles. The smallest absolute Gasteiger partial charge is 0.231 e. The third-order valence-electron chi connectivity index (χ3n) is 4.18. The molecule has 0 saturated heterocycles. The fraction of sp³-hybridized carbons (Fsp3) is 0.333. The van der Waals surface area contributed by atoms with Crippen LogP contribution in [0.15, 0.2) is 35.2 Å². The second-order valence-electron chi connectivity index (χ2n) is 5.98. The Morgan fingerprint density at radius 2 is 2.24 bits per heavy atom. The van der Waals surface area contributed by atoms with Crippen molar-refractivity contribution in [3.05, 3.63) is 40.9 Å². The fourth-order valence-electron chi connectivity index (χ4n) is 2.82. The van der Waals surface area contributed by atoms with E-state index in [1.165, 1.54) is 16.9 Å². The van der Waals surface area contributed by atoms with Gasteiger partial charge < -0.3 is 20.1 Å². The van der Waals surface area contributed by atoms with Crippen LogP contribution in [0, 0.1) is 0 Å². The molecule has 0 radical (unpaired) electrons. The van der Waals surface area contributed by atoms with E-state index >= 15 is 0 Å². The molecule has 1 aromatic carbocycles. The van der Waals surface area contributed by atoms with Crippen LogP contribution in [0.3, 0.4) is 0 Å². The minimum absolute atomic E-state index is 0.00182. The van der Waals surface area contributed by atoms with Crippen LogP contribution in [0.5, 0.6) is 11.5 Å². The summed E-state index contributed by atoms with van der Waals surface area (Å²) in [4.78, 5) is 16.7. The lowest BCUT2D eigenvalue weighted by Gasteiger charge is -2.14. The molecule has 6 nitrogen and oxygen atoms in total. The van der Waals surface area contributed by atoms with Gasteiger partial charge in [-0.1, -0.05) is 11.6 Å². The largest absolute Gasteiger partial charge is 0.454 e. The van der Waals surface area contributed by atoms with Gasteiger partial charge in [0.05, 0.1) is 12.1 Å². The van der Waals surface area contributed by atoms with Gasteiger partial charge in [0.15, 0.2) is 11.5 Å². The van der Waals surface area contributed by atoms with E-state index in [0.717, 1.165) is 47.3 Å². The molecular weight excluding hydrogens is 338 g/mol. The third kappa shape index (κ3) is 3.83. The SMILES string of the molecule is O=C(Cc1csc(-c2ccc3c(c2)OCO3)n1)NCC1=CCNCC1.